The van der Waals surface area contributed by atoms with E-state index in [0.717, 1.165) is 68.6 Å². The number of benzene rings is 2. The van der Waals surface area contributed by atoms with Gasteiger partial charge >= 0.3 is 6.03 Å². The molecule has 5 rings (SSSR count). The predicted molar refractivity (Wildman–Crippen MR) is 125 cm³/mol. The van der Waals surface area contributed by atoms with E-state index in [2.05, 4.69) is 34.5 Å². The second-order valence-electron chi connectivity index (χ2n) is 9.30. The summed E-state index contributed by atoms with van der Waals surface area (Å²) < 4.78 is 12.1. The zero-order valence-electron chi connectivity index (χ0n) is 18.8. The van der Waals surface area contributed by atoms with E-state index in [1.54, 1.807) is 0 Å². The van der Waals surface area contributed by atoms with Crippen molar-refractivity contribution in [2.75, 3.05) is 37.7 Å². The van der Waals surface area contributed by atoms with E-state index in [4.69, 9.17) is 9.47 Å². The van der Waals surface area contributed by atoms with Crippen LogP contribution in [0.4, 0.5) is 10.5 Å². The second-order valence-corrected chi connectivity index (χ2v) is 9.30. The summed E-state index contributed by atoms with van der Waals surface area (Å²) in [7, 11) is 0. The first kappa shape index (κ1) is 21.0. The third-order valence-corrected chi connectivity index (χ3v) is 6.70. The maximum absolute atomic E-state index is 12.1. The Balaban J connectivity index is 1.09. The molecule has 0 aromatic heterocycles. The molecule has 6 nitrogen and oxygen atoms in total. The van der Waals surface area contributed by atoms with Gasteiger partial charge in [-0.05, 0) is 74.1 Å². The zero-order valence-corrected chi connectivity index (χ0v) is 18.8. The van der Waals surface area contributed by atoms with Crippen LogP contribution in [0, 0.1) is 5.92 Å². The minimum Gasteiger partial charge on any atom is -0.493 e. The molecule has 3 fully saturated rings. The quantitative estimate of drug-likeness (QED) is 0.658. The van der Waals surface area contributed by atoms with Crippen molar-refractivity contribution in [2.24, 2.45) is 5.92 Å². The van der Waals surface area contributed by atoms with Gasteiger partial charge in [0, 0.05) is 31.7 Å². The molecule has 2 aliphatic heterocycles. The highest BCUT2D eigenvalue weighted by Crippen LogP contribution is 2.30. The molecular formula is C26H33N3O3. The molecule has 1 unspecified atom stereocenters. The highest BCUT2D eigenvalue weighted by molar-refractivity contribution is 5.75. The van der Waals surface area contributed by atoms with Crippen molar-refractivity contribution in [3.63, 3.8) is 0 Å². The molecule has 6 heteroatoms. The number of nitrogens with one attached hydrogen (secondary N) is 1. The lowest BCUT2D eigenvalue weighted by Gasteiger charge is -2.32. The molecule has 2 amide bonds. The molecule has 2 aromatic carbocycles. The van der Waals surface area contributed by atoms with Gasteiger partial charge in [-0.15, -0.1) is 0 Å². The highest BCUT2D eigenvalue weighted by atomic mass is 16.5. The van der Waals surface area contributed by atoms with Gasteiger partial charge in [-0.1, -0.05) is 12.1 Å². The smallest absolute Gasteiger partial charge is 0.317 e. The lowest BCUT2D eigenvalue weighted by atomic mass is 10.1. The third kappa shape index (κ3) is 5.12. The summed E-state index contributed by atoms with van der Waals surface area (Å²) in [6.07, 6.45) is 4.90. The van der Waals surface area contributed by atoms with Crippen LogP contribution in [0.1, 0.15) is 44.2 Å². The highest BCUT2D eigenvalue weighted by Gasteiger charge is 2.25. The maximum atomic E-state index is 12.1. The summed E-state index contributed by atoms with van der Waals surface area (Å²) in [5, 5.41) is 3.07. The fraction of sp³-hybridized carbons (Fsp3) is 0.500. The number of amides is 2. The molecular weight excluding hydrogens is 402 g/mol. The third-order valence-electron chi connectivity index (χ3n) is 6.70. The van der Waals surface area contributed by atoms with E-state index >= 15 is 0 Å². The number of carbonyl (C=O) groups excluding carboxylic acids is 1. The van der Waals surface area contributed by atoms with Crippen molar-refractivity contribution >= 4 is 11.7 Å². The van der Waals surface area contributed by atoms with Gasteiger partial charge in [-0.25, -0.2) is 4.79 Å². The molecule has 2 heterocycles. The number of urea groups is 1. The first-order valence-corrected chi connectivity index (χ1v) is 11.9. The molecule has 3 aliphatic rings. The van der Waals surface area contributed by atoms with Gasteiger partial charge in [-0.2, -0.15) is 0 Å². The molecule has 170 valence electrons. The van der Waals surface area contributed by atoms with E-state index in [9.17, 15) is 4.79 Å². The fourth-order valence-electron chi connectivity index (χ4n) is 4.22. The van der Waals surface area contributed by atoms with E-state index in [1.165, 1.54) is 18.5 Å². The number of likely N-dealkylation sites (tertiary alicyclic amines) is 1. The average Bonchev–Trinajstić information content (AvgIpc) is 3.48. The summed E-state index contributed by atoms with van der Waals surface area (Å²) in [4.78, 5) is 16.3. The van der Waals surface area contributed by atoms with E-state index in [1.807, 2.05) is 36.1 Å². The lowest BCUT2D eigenvalue weighted by molar-refractivity contribution is 0.164. The summed E-state index contributed by atoms with van der Waals surface area (Å²) in [6, 6.07) is 16.6. The van der Waals surface area contributed by atoms with Gasteiger partial charge in [0.15, 0.2) is 0 Å². The van der Waals surface area contributed by atoms with Crippen molar-refractivity contribution < 1.29 is 14.3 Å². The zero-order chi connectivity index (χ0) is 21.9. The van der Waals surface area contributed by atoms with Crippen LogP contribution in [-0.2, 0) is 0 Å². The van der Waals surface area contributed by atoms with Gasteiger partial charge in [0.05, 0.1) is 19.2 Å². The molecule has 32 heavy (non-hydrogen) atoms. The number of hydrogen-bond donors (Lipinski definition) is 1. The average molecular weight is 436 g/mol. The van der Waals surface area contributed by atoms with Gasteiger partial charge in [-0.3, -0.25) is 0 Å². The largest absolute Gasteiger partial charge is 0.493 e. The van der Waals surface area contributed by atoms with E-state index in [-0.39, 0.29) is 18.2 Å². The van der Waals surface area contributed by atoms with Crippen LogP contribution >= 0.6 is 0 Å². The number of carbonyl (C=O) groups is 1. The van der Waals surface area contributed by atoms with Crippen LogP contribution in [0.25, 0.3) is 0 Å². The van der Waals surface area contributed by atoms with Crippen LogP contribution in [0.2, 0.25) is 0 Å². The predicted octanol–water partition coefficient (Wildman–Crippen LogP) is 4.61. The Hall–Kier alpha value is -2.89. The summed E-state index contributed by atoms with van der Waals surface area (Å²) in [5.41, 5.74) is 2.31. The van der Waals surface area contributed by atoms with Crippen molar-refractivity contribution in [2.45, 2.75) is 44.8 Å². The summed E-state index contributed by atoms with van der Waals surface area (Å²) in [6.45, 7) is 6.47. The Labute approximate surface area is 190 Å². The standard InChI is InChI=1S/C26H33N3O3/c1-19(27-26(30)28-14-2-15-28)21-5-9-24(10-6-21)32-25-13-16-29(17-25)22-7-11-23(12-8-22)31-18-20-3-4-20/h5-12,19-20,25H,2-4,13-18H2,1H3,(H,27,30)/t19-,25?/m0/s1. The van der Waals surface area contributed by atoms with Gasteiger partial charge in [0.25, 0.3) is 0 Å². The molecule has 2 aromatic rings. The summed E-state index contributed by atoms with van der Waals surface area (Å²) >= 11 is 0. The van der Waals surface area contributed by atoms with Gasteiger partial charge < -0.3 is 24.6 Å². The van der Waals surface area contributed by atoms with Crippen LogP contribution < -0.4 is 19.7 Å². The number of anilines is 1. The first-order chi connectivity index (χ1) is 15.6. The minimum atomic E-state index is -0.0182. The lowest BCUT2D eigenvalue weighted by Crippen LogP contribution is -2.48. The van der Waals surface area contributed by atoms with Crippen LogP contribution in [-0.4, -0.2) is 49.8 Å². The Morgan fingerprint density at radius 2 is 1.72 bits per heavy atom. The first-order valence-electron chi connectivity index (χ1n) is 11.9. The normalized spacial score (nSPS) is 21.1. The van der Waals surface area contributed by atoms with Gasteiger partial charge in [0.2, 0.25) is 0 Å². The van der Waals surface area contributed by atoms with Crippen LogP contribution in [0.5, 0.6) is 11.5 Å². The topological polar surface area (TPSA) is 54.0 Å². The summed E-state index contributed by atoms with van der Waals surface area (Å²) in [5.74, 6) is 2.61. The molecule has 0 bridgehead atoms. The van der Waals surface area contributed by atoms with E-state index < -0.39 is 0 Å². The Morgan fingerprint density at radius 1 is 1.00 bits per heavy atom. The molecule has 2 saturated heterocycles. The maximum Gasteiger partial charge on any atom is 0.317 e. The monoisotopic (exact) mass is 435 g/mol. The van der Waals surface area contributed by atoms with E-state index in [0.29, 0.717) is 0 Å². The Morgan fingerprint density at radius 3 is 2.38 bits per heavy atom. The fourth-order valence-corrected chi connectivity index (χ4v) is 4.22. The van der Waals surface area contributed by atoms with Crippen molar-refractivity contribution in [1.82, 2.24) is 10.2 Å². The Kier molecular flexibility index (Phi) is 6.10. The second kappa shape index (κ2) is 9.31. The molecule has 0 spiro atoms. The number of nitrogens with zero attached hydrogens (tertiary/aromatic N) is 2. The minimum absolute atomic E-state index is 0.0182. The number of rotatable bonds is 8. The molecule has 1 N–H and O–H groups in total. The molecule has 2 atom stereocenters. The van der Waals surface area contributed by atoms with Crippen LogP contribution in [0.15, 0.2) is 48.5 Å². The molecule has 0 radical (unpaired) electrons. The van der Waals surface area contributed by atoms with Crippen molar-refractivity contribution in [3.8, 4) is 11.5 Å². The SMILES string of the molecule is C[C@H](NC(=O)N1CCC1)c1ccc(OC2CCN(c3ccc(OCC4CC4)cc3)C2)cc1. The number of hydrogen-bond acceptors (Lipinski definition) is 4. The van der Waals surface area contributed by atoms with Gasteiger partial charge in [0.1, 0.15) is 17.6 Å². The Bertz CT molecular complexity index is 907. The van der Waals surface area contributed by atoms with Crippen molar-refractivity contribution in [1.29, 1.82) is 0 Å². The molecule has 1 aliphatic carbocycles. The van der Waals surface area contributed by atoms with Crippen LogP contribution in [0.3, 0.4) is 0 Å². The number of ether oxygens (including phenoxy) is 2. The molecule has 1 saturated carbocycles. The van der Waals surface area contributed by atoms with Crippen molar-refractivity contribution in [3.05, 3.63) is 54.1 Å².